The highest BCUT2D eigenvalue weighted by molar-refractivity contribution is 5.04. The van der Waals surface area contributed by atoms with Crippen LogP contribution in [0.3, 0.4) is 0 Å². The van der Waals surface area contributed by atoms with Gasteiger partial charge >= 0.3 is 0 Å². The van der Waals surface area contributed by atoms with Crippen LogP contribution >= 0.6 is 0 Å². The van der Waals surface area contributed by atoms with Gasteiger partial charge in [0.05, 0.1) is 19.5 Å². The summed E-state index contributed by atoms with van der Waals surface area (Å²) in [4.78, 5) is 0. The van der Waals surface area contributed by atoms with Gasteiger partial charge in [-0.1, -0.05) is 6.92 Å². The van der Waals surface area contributed by atoms with Crippen molar-refractivity contribution in [3.63, 3.8) is 0 Å². The van der Waals surface area contributed by atoms with Gasteiger partial charge in [0.15, 0.2) is 5.54 Å². The van der Waals surface area contributed by atoms with E-state index in [0.717, 1.165) is 11.6 Å². The van der Waals surface area contributed by atoms with Crippen molar-refractivity contribution >= 4 is 0 Å². The second-order valence-electron chi connectivity index (χ2n) is 4.06. The van der Waals surface area contributed by atoms with E-state index in [4.69, 9.17) is 0 Å². The fourth-order valence-corrected chi connectivity index (χ4v) is 2.73. The van der Waals surface area contributed by atoms with Crippen molar-refractivity contribution in [1.29, 1.82) is 0 Å². The molecular formula is C8H16N+. The maximum Gasteiger partial charge on any atom is 0.154 e. The van der Waals surface area contributed by atoms with Gasteiger partial charge < -0.3 is 4.48 Å². The highest BCUT2D eigenvalue weighted by Crippen LogP contribution is 2.59. The molecule has 2 saturated heterocycles. The number of likely N-dealkylation sites (N-methyl/N-ethyl adjacent to an activating group) is 1. The molecule has 1 heteroatoms. The Morgan fingerprint density at radius 2 is 2.33 bits per heavy atom. The molecular weight excluding hydrogens is 110 g/mol. The van der Waals surface area contributed by atoms with E-state index in [-0.39, 0.29) is 0 Å². The fraction of sp³-hybridized carbons (Fsp3) is 1.00. The molecule has 3 unspecified atom stereocenters. The van der Waals surface area contributed by atoms with Crippen LogP contribution in [0.4, 0.5) is 0 Å². The Balaban J connectivity index is 2.14. The third-order valence-corrected chi connectivity index (χ3v) is 3.91. The minimum Gasteiger partial charge on any atom is -0.309 e. The quantitative estimate of drug-likeness (QED) is 0.368. The second-order valence-corrected chi connectivity index (χ2v) is 4.06. The molecule has 9 heavy (non-hydrogen) atoms. The molecule has 0 amide bonds. The highest BCUT2D eigenvalue weighted by atomic mass is 15.6. The van der Waals surface area contributed by atoms with E-state index in [1.165, 1.54) is 23.9 Å². The molecule has 0 spiro atoms. The molecule has 0 bridgehead atoms. The lowest BCUT2D eigenvalue weighted by Crippen LogP contribution is -2.52. The number of rotatable bonds is 1. The van der Waals surface area contributed by atoms with E-state index < -0.39 is 0 Å². The maximum atomic E-state index is 2.40. The smallest absolute Gasteiger partial charge is 0.154 e. The maximum absolute atomic E-state index is 2.40. The van der Waals surface area contributed by atoms with Crippen LogP contribution in [-0.2, 0) is 0 Å². The Hall–Kier alpha value is -0.0400. The van der Waals surface area contributed by atoms with Crippen molar-refractivity contribution in [1.82, 2.24) is 0 Å². The topological polar surface area (TPSA) is 0 Å². The number of nitrogens with zero attached hydrogens (tertiary/aromatic N) is 1. The lowest BCUT2D eigenvalue weighted by molar-refractivity contribution is -0.874. The lowest BCUT2D eigenvalue weighted by Gasteiger charge is -2.38. The van der Waals surface area contributed by atoms with Gasteiger partial charge in [-0.25, -0.2) is 0 Å². The zero-order chi connectivity index (χ0) is 6.70. The molecule has 0 aromatic heterocycles. The largest absolute Gasteiger partial charge is 0.309 e. The SMILES string of the molecule is CCC12CC(C)[N+]1(C)C2. The van der Waals surface area contributed by atoms with Crippen LogP contribution in [0, 0.1) is 0 Å². The molecule has 0 aromatic rings. The highest BCUT2D eigenvalue weighted by Gasteiger charge is 2.77. The van der Waals surface area contributed by atoms with Crippen LogP contribution < -0.4 is 0 Å². The molecule has 0 saturated carbocycles. The summed E-state index contributed by atoms with van der Waals surface area (Å²) in [6, 6.07) is 0.963. The van der Waals surface area contributed by atoms with Gasteiger partial charge in [-0.15, -0.1) is 0 Å². The Morgan fingerprint density at radius 3 is 2.44 bits per heavy atom. The van der Waals surface area contributed by atoms with Gasteiger partial charge in [-0.2, -0.15) is 0 Å². The van der Waals surface area contributed by atoms with E-state index in [2.05, 4.69) is 20.9 Å². The van der Waals surface area contributed by atoms with Crippen LogP contribution in [0.15, 0.2) is 0 Å². The number of quaternary nitrogens is 1. The van der Waals surface area contributed by atoms with Gasteiger partial charge in [-0.3, -0.25) is 0 Å². The Bertz CT molecular complexity index is 148. The summed E-state index contributed by atoms with van der Waals surface area (Å²) in [5.41, 5.74) is 0.777. The van der Waals surface area contributed by atoms with Crippen LogP contribution in [0.1, 0.15) is 26.7 Å². The first kappa shape index (κ1) is 5.72. The molecule has 2 aliphatic rings. The molecule has 2 fully saturated rings. The summed E-state index contributed by atoms with van der Waals surface area (Å²) in [6.07, 6.45) is 2.88. The number of hydrogen-bond acceptors (Lipinski definition) is 0. The third kappa shape index (κ3) is 0.389. The molecule has 0 N–H and O–H groups in total. The Labute approximate surface area is 57.3 Å². The summed E-state index contributed by atoms with van der Waals surface area (Å²) in [5, 5.41) is 0. The number of hydrogen-bond donors (Lipinski definition) is 0. The molecule has 52 valence electrons. The average molecular weight is 126 g/mol. The Morgan fingerprint density at radius 1 is 1.67 bits per heavy atom. The van der Waals surface area contributed by atoms with Gasteiger partial charge in [-0.05, 0) is 6.92 Å². The first-order valence-electron chi connectivity index (χ1n) is 4.00. The molecule has 3 atom stereocenters. The Kier molecular flexibility index (Phi) is 0.760. The summed E-state index contributed by atoms with van der Waals surface area (Å²) in [5.74, 6) is 0. The molecule has 2 aliphatic heterocycles. The van der Waals surface area contributed by atoms with Gasteiger partial charge in [0.25, 0.3) is 0 Å². The summed E-state index contributed by atoms with van der Waals surface area (Å²) in [6.45, 7) is 6.17. The fourth-order valence-electron chi connectivity index (χ4n) is 2.73. The van der Waals surface area contributed by atoms with Gasteiger partial charge in [0, 0.05) is 6.42 Å². The zero-order valence-electron chi connectivity index (χ0n) is 6.65. The molecule has 0 aromatic carbocycles. The van der Waals surface area contributed by atoms with E-state index >= 15 is 0 Å². The molecule has 1 nitrogen and oxygen atoms in total. The van der Waals surface area contributed by atoms with Crippen molar-refractivity contribution in [3.8, 4) is 0 Å². The lowest BCUT2D eigenvalue weighted by atomic mass is 9.90. The van der Waals surface area contributed by atoms with Crippen molar-refractivity contribution in [3.05, 3.63) is 0 Å². The zero-order valence-corrected chi connectivity index (χ0v) is 6.65. The summed E-state index contributed by atoms with van der Waals surface area (Å²) < 4.78 is 1.39. The van der Waals surface area contributed by atoms with E-state index in [9.17, 15) is 0 Å². The van der Waals surface area contributed by atoms with Crippen LogP contribution in [-0.4, -0.2) is 29.7 Å². The summed E-state index contributed by atoms with van der Waals surface area (Å²) in [7, 11) is 2.40. The minimum atomic E-state index is 0.777. The van der Waals surface area contributed by atoms with Crippen LogP contribution in [0.25, 0.3) is 0 Å². The molecule has 0 radical (unpaired) electrons. The first-order chi connectivity index (χ1) is 4.15. The van der Waals surface area contributed by atoms with E-state index in [1.54, 1.807) is 0 Å². The van der Waals surface area contributed by atoms with Gasteiger partial charge in [0.2, 0.25) is 0 Å². The van der Waals surface area contributed by atoms with Crippen molar-refractivity contribution in [2.45, 2.75) is 38.3 Å². The number of fused-ring (bicyclic) bond motifs is 1. The average Bonchev–Trinajstić information content (AvgIpc) is 2.33. The monoisotopic (exact) mass is 126 g/mol. The van der Waals surface area contributed by atoms with Crippen LogP contribution in [0.5, 0.6) is 0 Å². The summed E-state index contributed by atoms with van der Waals surface area (Å²) >= 11 is 0. The van der Waals surface area contributed by atoms with Crippen molar-refractivity contribution < 1.29 is 4.48 Å². The second kappa shape index (κ2) is 1.20. The van der Waals surface area contributed by atoms with Crippen molar-refractivity contribution in [2.24, 2.45) is 0 Å². The van der Waals surface area contributed by atoms with Crippen LogP contribution in [0.2, 0.25) is 0 Å². The first-order valence-corrected chi connectivity index (χ1v) is 4.00. The third-order valence-electron chi connectivity index (χ3n) is 3.91. The normalized spacial score (nSPS) is 62.3. The van der Waals surface area contributed by atoms with Gasteiger partial charge in [0.1, 0.15) is 6.54 Å². The predicted octanol–water partition coefficient (Wildman–Crippen LogP) is 1.39. The van der Waals surface area contributed by atoms with E-state index in [1.807, 2.05) is 0 Å². The molecule has 2 heterocycles. The minimum absolute atomic E-state index is 0.777. The molecule has 0 aliphatic carbocycles. The van der Waals surface area contributed by atoms with E-state index in [0.29, 0.717) is 0 Å². The standard InChI is InChI=1S/C8H16N/c1-4-8-5-7(2)9(8,3)6-8/h7H,4-6H2,1-3H3/q+1. The van der Waals surface area contributed by atoms with Crippen molar-refractivity contribution in [2.75, 3.05) is 13.6 Å². The predicted molar refractivity (Wildman–Crippen MR) is 38.2 cm³/mol. The molecule has 2 rings (SSSR count).